The largest absolute Gasteiger partial charge is 0.473 e. The molecule has 1 aromatic heterocycles. The first-order valence-electron chi connectivity index (χ1n) is 8.81. The first kappa shape index (κ1) is 22.6. The molecule has 32 heavy (non-hydrogen) atoms. The number of furan rings is 1. The summed E-state index contributed by atoms with van der Waals surface area (Å²) in [5.74, 6) is 0.738. The van der Waals surface area contributed by atoms with Crippen molar-refractivity contribution in [2.24, 2.45) is 0 Å². The number of rotatable bonds is 7. The molecule has 1 aliphatic heterocycles. The molecule has 164 valence electrons. The molecule has 1 saturated heterocycles. The predicted molar refractivity (Wildman–Crippen MR) is 112 cm³/mol. The summed E-state index contributed by atoms with van der Waals surface area (Å²) in [7, 11) is 1.19. The smallest absolute Gasteiger partial charge is 0.373 e. The number of benzene rings is 1. The number of methoxy groups -OCH3 is 1. The van der Waals surface area contributed by atoms with E-state index in [9.17, 15) is 24.5 Å². The number of imide groups is 1. The molecular formula is C20H14BrN3O8. The van der Waals surface area contributed by atoms with Crippen LogP contribution in [0.1, 0.15) is 21.9 Å². The number of amides is 3. The number of nitrogens with zero attached hydrogens (tertiary/aromatic N) is 2. The molecule has 2 aromatic rings. The third-order valence-electron chi connectivity index (χ3n) is 4.18. The van der Waals surface area contributed by atoms with E-state index in [4.69, 9.17) is 15.6 Å². The molecule has 0 spiro atoms. The molecule has 0 bridgehead atoms. The summed E-state index contributed by atoms with van der Waals surface area (Å²) in [5.41, 5.74) is -0.369. The van der Waals surface area contributed by atoms with Gasteiger partial charge in [-0.15, -0.1) is 6.42 Å². The topological polar surface area (TPSA) is 141 Å². The van der Waals surface area contributed by atoms with Gasteiger partial charge < -0.3 is 19.2 Å². The van der Waals surface area contributed by atoms with Gasteiger partial charge in [-0.3, -0.25) is 19.8 Å². The fourth-order valence-corrected chi connectivity index (χ4v) is 3.28. The van der Waals surface area contributed by atoms with Crippen molar-refractivity contribution < 1.29 is 33.2 Å². The maximum atomic E-state index is 12.8. The van der Waals surface area contributed by atoms with E-state index >= 15 is 0 Å². The van der Waals surface area contributed by atoms with Crippen LogP contribution in [0.25, 0.3) is 6.08 Å². The third-order valence-corrected chi connectivity index (χ3v) is 4.64. The van der Waals surface area contributed by atoms with Crippen molar-refractivity contribution in [3.63, 3.8) is 0 Å². The zero-order valence-electron chi connectivity index (χ0n) is 16.4. The molecule has 0 atom stereocenters. The number of hydrogen-bond donors (Lipinski definition) is 1. The molecule has 1 N–H and O–H groups in total. The van der Waals surface area contributed by atoms with E-state index in [1.807, 2.05) is 0 Å². The molecular weight excluding hydrogens is 490 g/mol. The number of carbonyl (C=O) groups excluding carboxylic acids is 3. The SMILES string of the molecule is C#CCOc1c(/C=C2\NC(=O)N(Cc3ccc(C(=O)OC)o3)C2=O)cc(Br)cc1[N+](=O)[O-]. The average molecular weight is 504 g/mol. The van der Waals surface area contributed by atoms with Gasteiger partial charge in [-0.1, -0.05) is 21.9 Å². The highest BCUT2D eigenvalue weighted by Gasteiger charge is 2.35. The van der Waals surface area contributed by atoms with Crippen molar-refractivity contribution in [3.8, 4) is 18.1 Å². The Bertz CT molecular complexity index is 1190. The summed E-state index contributed by atoms with van der Waals surface area (Å²) in [6.45, 7) is -0.496. The van der Waals surface area contributed by atoms with Crippen LogP contribution in [-0.4, -0.2) is 41.4 Å². The normalized spacial score (nSPS) is 14.3. The fraction of sp³-hybridized carbons (Fsp3) is 0.150. The molecule has 0 unspecified atom stereocenters. The molecule has 11 nitrogen and oxygen atoms in total. The third kappa shape index (κ3) is 4.62. The van der Waals surface area contributed by atoms with Crippen molar-refractivity contribution in [3.05, 3.63) is 61.6 Å². The van der Waals surface area contributed by atoms with Crippen molar-refractivity contribution in [1.29, 1.82) is 0 Å². The second-order valence-electron chi connectivity index (χ2n) is 6.23. The second-order valence-corrected chi connectivity index (χ2v) is 7.15. The molecule has 2 heterocycles. The van der Waals surface area contributed by atoms with Crippen LogP contribution in [0, 0.1) is 22.5 Å². The van der Waals surface area contributed by atoms with Gasteiger partial charge in [-0.05, 0) is 24.3 Å². The Morgan fingerprint density at radius 3 is 2.81 bits per heavy atom. The van der Waals surface area contributed by atoms with E-state index in [2.05, 4.69) is 31.9 Å². The lowest BCUT2D eigenvalue weighted by Crippen LogP contribution is -2.30. The number of ether oxygens (including phenoxy) is 2. The molecule has 3 rings (SSSR count). The monoisotopic (exact) mass is 503 g/mol. The lowest BCUT2D eigenvalue weighted by atomic mass is 10.1. The maximum Gasteiger partial charge on any atom is 0.373 e. The molecule has 1 aliphatic rings. The Labute approximate surface area is 189 Å². The Morgan fingerprint density at radius 2 is 2.16 bits per heavy atom. The average Bonchev–Trinajstić information content (AvgIpc) is 3.32. The van der Waals surface area contributed by atoms with Crippen molar-refractivity contribution >= 4 is 45.6 Å². The zero-order chi connectivity index (χ0) is 23.4. The van der Waals surface area contributed by atoms with E-state index in [0.29, 0.717) is 4.47 Å². The number of terminal acetylenes is 1. The van der Waals surface area contributed by atoms with Crippen LogP contribution in [0.2, 0.25) is 0 Å². The number of nitrogens with one attached hydrogen (secondary N) is 1. The van der Waals surface area contributed by atoms with Crippen molar-refractivity contribution in [1.82, 2.24) is 10.2 Å². The van der Waals surface area contributed by atoms with Crippen molar-refractivity contribution in [2.45, 2.75) is 6.54 Å². The first-order valence-corrected chi connectivity index (χ1v) is 9.60. The predicted octanol–water partition coefficient (Wildman–Crippen LogP) is 2.84. The van der Waals surface area contributed by atoms with Gasteiger partial charge in [0.05, 0.1) is 18.6 Å². The van der Waals surface area contributed by atoms with E-state index < -0.39 is 22.8 Å². The van der Waals surface area contributed by atoms with Crippen LogP contribution < -0.4 is 10.1 Å². The number of esters is 1. The summed E-state index contributed by atoms with van der Waals surface area (Å²) in [5, 5.41) is 13.8. The van der Waals surface area contributed by atoms with Gasteiger partial charge in [-0.25, -0.2) is 9.59 Å². The highest BCUT2D eigenvalue weighted by atomic mass is 79.9. The lowest BCUT2D eigenvalue weighted by Gasteiger charge is -2.10. The van der Waals surface area contributed by atoms with Gasteiger partial charge in [0.25, 0.3) is 5.91 Å². The van der Waals surface area contributed by atoms with Crippen LogP contribution in [0.4, 0.5) is 10.5 Å². The Morgan fingerprint density at radius 1 is 1.41 bits per heavy atom. The minimum absolute atomic E-state index is 0.0814. The quantitative estimate of drug-likeness (QED) is 0.152. The minimum atomic E-state index is -0.743. The molecule has 0 aliphatic carbocycles. The van der Waals surface area contributed by atoms with Crippen LogP contribution in [-0.2, 0) is 16.1 Å². The Kier molecular flexibility index (Phi) is 6.60. The number of halogens is 1. The van der Waals surface area contributed by atoms with Crippen LogP contribution >= 0.6 is 15.9 Å². The van der Waals surface area contributed by atoms with Gasteiger partial charge in [0, 0.05) is 16.1 Å². The summed E-state index contributed by atoms with van der Waals surface area (Å²) >= 11 is 3.17. The summed E-state index contributed by atoms with van der Waals surface area (Å²) in [6, 6.07) is 4.74. The second kappa shape index (κ2) is 9.36. The fourth-order valence-electron chi connectivity index (χ4n) is 2.81. The van der Waals surface area contributed by atoms with E-state index in [-0.39, 0.29) is 47.4 Å². The van der Waals surface area contributed by atoms with Crippen LogP contribution in [0.3, 0.4) is 0 Å². The van der Waals surface area contributed by atoms with Gasteiger partial charge in [0.15, 0.2) is 0 Å². The summed E-state index contributed by atoms with van der Waals surface area (Å²) < 4.78 is 15.5. The zero-order valence-corrected chi connectivity index (χ0v) is 18.0. The Hall–Kier alpha value is -4.11. The maximum absolute atomic E-state index is 12.8. The highest BCUT2D eigenvalue weighted by molar-refractivity contribution is 9.10. The minimum Gasteiger partial charge on any atom is -0.473 e. The van der Waals surface area contributed by atoms with Crippen LogP contribution in [0.5, 0.6) is 5.75 Å². The molecule has 1 fully saturated rings. The number of hydrogen-bond acceptors (Lipinski definition) is 8. The van der Waals surface area contributed by atoms with Gasteiger partial charge in [0.1, 0.15) is 18.1 Å². The molecule has 0 saturated carbocycles. The standard InChI is InChI=1S/C20H14BrN3O8/c1-3-6-31-17-11(7-12(21)9-15(17)24(28)29)8-14-18(25)23(20(27)22-14)10-13-4-5-16(32-13)19(26)30-2/h1,4-5,7-9H,6,10H2,2H3,(H,22,27)/b14-8-. The van der Waals surface area contributed by atoms with Crippen molar-refractivity contribution in [2.75, 3.05) is 13.7 Å². The molecule has 3 amide bonds. The molecule has 0 radical (unpaired) electrons. The molecule has 1 aromatic carbocycles. The molecule has 12 heteroatoms. The summed E-state index contributed by atoms with van der Waals surface area (Å²) in [4.78, 5) is 48.2. The van der Waals surface area contributed by atoms with Gasteiger partial charge in [-0.2, -0.15) is 0 Å². The van der Waals surface area contributed by atoms with Crippen LogP contribution in [0.15, 0.2) is 38.9 Å². The number of urea groups is 1. The lowest BCUT2D eigenvalue weighted by molar-refractivity contribution is -0.385. The highest BCUT2D eigenvalue weighted by Crippen LogP contribution is 2.36. The van der Waals surface area contributed by atoms with E-state index in [1.54, 1.807) is 0 Å². The van der Waals surface area contributed by atoms with E-state index in [0.717, 1.165) is 4.90 Å². The van der Waals surface area contributed by atoms with E-state index in [1.165, 1.54) is 37.5 Å². The first-order chi connectivity index (χ1) is 15.2. The number of nitro benzene ring substituents is 1. The summed E-state index contributed by atoms with van der Waals surface area (Å²) in [6.07, 6.45) is 6.42. The Balaban J connectivity index is 1.92. The number of nitro groups is 1. The number of carbonyl (C=O) groups is 3. The van der Waals surface area contributed by atoms with Gasteiger partial charge in [0.2, 0.25) is 11.5 Å². The van der Waals surface area contributed by atoms with Gasteiger partial charge >= 0.3 is 17.7 Å².